The van der Waals surface area contributed by atoms with Gasteiger partial charge in [0.15, 0.2) is 5.96 Å². The minimum atomic E-state index is 0. The molecule has 1 saturated heterocycles. The first-order valence-electron chi connectivity index (χ1n) is 6.54. The minimum Gasteiger partial charge on any atom is -0.351 e. The molecule has 0 radical (unpaired) electrons. The Morgan fingerprint density at radius 3 is 2.48 bits per heavy atom. The standard InChI is InChI=1S/C13H19BrN4OS.HI/c1-10(19)17-3-5-18(6-4-17)13(15-2)16-8-12-7-11(14)9-20-12;/h7,9H,3-6,8H2,1-2H3,(H,15,16);1H. The summed E-state index contributed by atoms with van der Waals surface area (Å²) in [6.07, 6.45) is 0. The van der Waals surface area contributed by atoms with E-state index >= 15 is 0 Å². The van der Waals surface area contributed by atoms with E-state index in [-0.39, 0.29) is 29.9 Å². The first kappa shape index (κ1) is 18.7. The molecule has 1 aliphatic heterocycles. The number of hydrogen-bond acceptors (Lipinski definition) is 3. The molecule has 0 aliphatic carbocycles. The average Bonchev–Trinajstić information content (AvgIpc) is 2.86. The van der Waals surface area contributed by atoms with Crippen LogP contribution in [0.3, 0.4) is 0 Å². The van der Waals surface area contributed by atoms with Crippen LogP contribution < -0.4 is 5.32 Å². The lowest BCUT2D eigenvalue weighted by Gasteiger charge is -2.36. The maximum atomic E-state index is 11.3. The molecule has 5 nitrogen and oxygen atoms in total. The average molecular weight is 487 g/mol. The number of halogens is 2. The molecule has 1 aromatic rings. The van der Waals surface area contributed by atoms with Crippen molar-refractivity contribution in [2.45, 2.75) is 13.5 Å². The Kier molecular flexibility index (Phi) is 7.96. The van der Waals surface area contributed by atoms with Crippen LogP contribution in [-0.2, 0) is 11.3 Å². The number of carbonyl (C=O) groups excluding carboxylic acids is 1. The van der Waals surface area contributed by atoms with Crippen molar-refractivity contribution in [1.82, 2.24) is 15.1 Å². The zero-order valence-electron chi connectivity index (χ0n) is 12.1. The maximum Gasteiger partial charge on any atom is 0.219 e. The minimum absolute atomic E-state index is 0. The summed E-state index contributed by atoms with van der Waals surface area (Å²) in [6, 6.07) is 2.11. The van der Waals surface area contributed by atoms with Crippen LogP contribution >= 0.6 is 51.2 Å². The van der Waals surface area contributed by atoms with Gasteiger partial charge in [0.25, 0.3) is 0 Å². The Morgan fingerprint density at radius 2 is 2.00 bits per heavy atom. The zero-order valence-corrected chi connectivity index (χ0v) is 16.9. The molecule has 1 aromatic heterocycles. The van der Waals surface area contributed by atoms with Gasteiger partial charge in [0, 0.05) is 54.9 Å². The third kappa shape index (κ3) is 5.41. The molecule has 0 bridgehead atoms. The highest BCUT2D eigenvalue weighted by Gasteiger charge is 2.20. The normalized spacial score (nSPS) is 15.7. The topological polar surface area (TPSA) is 47.9 Å². The molecule has 0 atom stereocenters. The van der Waals surface area contributed by atoms with Gasteiger partial charge in [-0.2, -0.15) is 0 Å². The summed E-state index contributed by atoms with van der Waals surface area (Å²) in [5, 5.41) is 5.45. The molecule has 0 unspecified atom stereocenters. The number of guanidine groups is 1. The molecular formula is C13H20BrIN4OS. The Morgan fingerprint density at radius 1 is 1.38 bits per heavy atom. The molecule has 2 rings (SSSR count). The highest BCUT2D eigenvalue weighted by molar-refractivity contribution is 14.0. The van der Waals surface area contributed by atoms with E-state index in [9.17, 15) is 4.79 Å². The predicted molar refractivity (Wildman–Crippen MR) is 101 cm³/mol. The number of hydrogen-bond donors (Lipinski definition) is 1. The van der Waals surface area contributed by atoms with Gasteiger partial charge in [0.2, 0.25) is 5.91 Å². The van der Waals surface area contributed by atoms with Crippen molar-refractivity contribution in [3.8, 4) is 0 Å². The third-order valence-electron chi connectivity index (χ3n) is 3.28. The molecule has 0 saturated carbocycles. The van der Waals surface area contributed by atoms with Gasteiger partial charge in [-0.25, -0.2) is 0 Å². The van der Waals surface area contributed by atoms with Crippen LogP contribution in [-0.4, -0.2) is 54.9 Å². The molecule has 8 heteroatoms. The van der Waals surface area contributed by atoms with Crippen molar-refractivity contribution in [3.05, 3.63) is 20.8 Å². The number of carbonyl (C=O) groups is 1. The van der Waals surface area contributed by atoms with E-state index in [2.05, 4.69) is 42.6 Å². The van der Waals surface area contributed by atoms with Gasteiger partial charge >= 0.3 is 0 Å². The molecule has 0 aromatic carbocycles. The molecule has 0 spiro atoms. The number of amides is 1. The largest absolute Gasteiger partial charge is 0.351 e. The van der Waals surface area contributed by atoms with E-state index in [0.717, 1.165) is 43.2 Å². The van der Waals surface area contributed by atoms with Crippen molar-refractivity contribution in [2.24, 2.45) is 4.99 Å². The summed E-state index contributed by atoms with van der Waals surface area (Å²) in [4.78, 5) is 21.0. The third-order valence-corrected chi connectivity index (χ3v) is 4.98. The summed E-state index contributed by atoms with van der Waals surface area (Å²) in [6.45, 7) is 5.58. The number of piperazine rings is 1. The molecule has 1 amide bonds. The van der Waals surface area contributed by atoms with Crippen LogP contribution in [0, 0.1) is 0 Å². The predicted octanol–water partition coefficient (Wildman–Crippen LogP) is 2.37. The van der Waals surface area contributed by atoms with E-state index < -0.39 is 0 Å². The molecule has 1 fully saturated rings. The second kappa shape index (κ2) is 8.94. The first-order valence-corrected chi connectivity index (χ1v) is 8.21. The second-order valence-corrected chi connectivity index (χ2v) is 6.54. The Hall–Kier alpha value is -0.350. The van der Waals surface area contributed by atoms with Crippen LogP contribution in [0.5, 0.6) is 0 Å². The monoisotopic (exact) mass is 486 g/mol. The molecule has 2 heterocycles. The summed E-state index contributed by atoms with van der Waals surface area (Å²) >= 11 is 5.17. The second-order valence-electron chi connectivity index (χ2n) is 4.63. The smallest absolute Gasteiger partial charge is 0.219 e. The highest BCUT2D eigenvalue weighted by atomic mass is 127. The fourth-order valence-corrected chi connectivity index (χ4v) is 3.57. The van der Waals surface area contributed by atoms with Crippen LogP contribution in [0.2, 0.25) is 0 Å². The van der Waals surface area contributed by atoms with Crippen LogP contribution in [0.1, 0.15) is 11.8 Å². The van der Waals surface area contributed by atoms with Gasteiger partial charge in [0.1, 0.15) is 0 Å². The molecular weight excluding hydrogens is 467 g/mol. The number of thiophene rings is 1. The van der Waals surface area contributed by atoms with Gasteiger partial charge in [0.05, 0.1) is 6.54 Å². The Balaban J connectivity index is 0.00000220. The number of nitrogens with one attached hydrogen (secondary N) is 1. The molecule has 1 aliphatic rings. The van der Waals surface area contributed by atoms with E-state index in [4.69, 9.17) is 0 Å². The molecule has 118 valence electrons. The van der Waals surface area contributed by atoms with Crippen molar-refractivity contribution < 1.29 is 4.79 Å². The van der Waals surface area contributed by atoms with E-state index in [1.807, 2.05) is 4.90 Å². The quantitative estimate of drug-likeness (QED) is 0.396. The summed E-state index contributed by atoms with van der Waals surface area (Å²) in [5.41, 5.74) is 0. The summed E-state index contributed by atoms with van der Waals surface area (Å²) < 4.78 is 1.12. The van der Waals surface area contributed by atoms with Crippen molar-refractivity contribution in [2.75, 3.05) is 33.2 Å². The van der Waals surface area contributed by atoms with Gasteiger partial charge < -0.3 is 15.1 Å². The van der Waals surface area contributed by atoms with Gasteiger partial charge in [-0.15, -0.1) is 35.3 Å². The van der Waals surface area contributed by atoms with Crippen LogP contribution in [0.4, 0.5) is 0 Å². The van der Waals surface area contributed by atoms with Crippen LogP contribution in [0.15, 0.2) is 20.9 Å². The fourth-order valence-electron chi connectivity index (χ4n) is 2.18. The maximum absolute atomic E-state index is 11.3. The molecule has 21 heavy (non-hydrogen) atoms. The SMILES string of the molecule is CN=C(NCc1cc(Br)cs1)N1CCN(C(C)=O)CC1.I. The lowest BCUT2D eigenvalue weighted by atomic mass is 10.3. The highest BCUT2D eigenvalue weighted by Crippen LogP contribution is 2.19. The fraction of sp³-hybridized carbons (Fsp3) is 0.538. The van der Waals surface area contributed by atoms with E-state index in [0.29, 0.717) is 0 Å². The van der Waals surface area contributed by atoms with E-state index in [1.54, 1.807) is 25.3 Å². The van der Waals surface area contributed by atoms with Gasteiger partial charge in [-0.3, -0.25) is 9.79 Å². The van der Waals surface area contributed by atoms with Crippen molar-refractivity contribution >= 4 is 63.1 Å². The summed E-state index contributed by atoms with van der Waals surface area (Å²) in [7, 11) is 1.80. The van der Waals surface area contributed by atoms with Crippen LogP contribution in [0.25, 0.3) is 0 Å². The molecule has 1 N–H and O–H groups in total. The Bertz CT molecular complexity index is 500. The number of rotatable bonds is 2. The Labute approximate surface area is 154 Å². The first-order chi connectivity index (χ1) is 9.60. The van der Waals surface area contributed by atoms with E-state index in [1.165, 1.54) is 4.88 Å². The van der Waals surface area contributed by atoms with Gasteiger partial charge in [-0.05, 0) is 22.0 Å². The van der Waals surface area contributed by atoms with Crippen molar-refractivity contribution in [3.63, 3.8) is 0 Å². The van der Waals surface area contributed by atoms with Crippen molar-refractivity contribution in [1.29, 1.82) is 0 Å². The number of nitrogens with zero attached hydrogens (tertiary/aromatic N) is 3. The zero-order chi connectivity index (χ0) is 14.5. The number of aliphatic imine (C=N–C) groups is 1. The summed E-state index contributed by atoms with van der Waals surface area (Å²) in [5.74, 6) is 1.05. The lowest BCUT2D eigenvalue weighted by Crippen LogP contribution is -2.53. The lowest BCUT2D eigenvalue weighted by molar-refractivity contribution is -0.130. The van der Waals surface area contributed by atoms with Gasteiger partial charge in [-0.1, -0.05) is 0 Å².